The largest absolute Gasteiger partial charge is 0.463 e. The lowest BCUT2D eigenvalue weighted by Crippen LogP contribution is -2.16. The molecule has 3 heterocycles. The summed E-state index contributed by atoms with van der Waals surface area (Å²) in [6.45, 7) is 3.73. The van der Waals surface area contributed by atoms with Gasteiger partial charge in [0.15, 0.2) is 11.5 Å². The molecule has 10 heteroatoms. The van der Waals surface area contributed by atoms with E-state index in [4.69, 9.17) is 4.42 Å². The number of benzene rings is 1. The van der Waals surface area contributed by atoms with Crippen LogP contribution in [-0.2, 0) is 6.18 Å². The summed E-state index contributed by atoms with van der Waals surface area (Å²) < 4.78 is 46.2. The Kier molecular flexibility index (Phi) is 4.33. The van der Waals surface area contributed by atoms with Gasteiger partial charge in [0.2, 0.25) is 5.82 Å². The van der Waals surface area contributed by atoms with E-state index in [2.05, 4.69) is 20.4 Å². The number of aryl methyl sites for hydroxylation is 2. The molecule has 0 radical (unpaired) electrons. The normalized spacial score (nSPS) is 11.8. The average Bonchev–Trinajstić information content (AvgIpc) is 3.28. The second-order valence-corrected chi connectivity index (χ2v) is 6.48. The summed E-state index contributed by atoms with van der Waals surface area (Å²) in [6.07, 6.45) is -3.42. The number of halogens is 3. The Balaban J connectivity index is 1.77. The Morgan fingerprint density at radius 2 is 1.83 bits per heavy atom. The number of carbonyl (C=O) groups excluding carboxylic acids is 1. The van der Waals surface area contributed by atoms with Gasteiger partial charge in [-0.2, -0.15) is 22.7 Å². The number of carbonyl (C=O) groups is 1. The standard InChI is InChI=1S/C19H14F3N5O2/c1-10-6-11(2)8-12(7-10)23-17(28)16-25-18-24-13(14-4-3-5-29-14)9-15(19(20,21)22)27(18)26-16/h3-9H,1-2H3,(H,23,28). The van der Waals surface area contributed by atoms with Crippen LogP contribution in [-0.4, -0.2) is 25.5 Å². The Hall–Kier alpha value is -3.69. The van der Waals surface area contributed by atoms with Crippen LogP contribution in [0.25, 0.3) is 17.2 Å². The first-order valence-corrected chi connectivity index (χ1v) is 8.49. The summed E-state index contributed by atoms with van der Waals surface area (Å²) in [5, 5.41) is 6.32. The van der Waals surface area contributed by atoms with Crippen LogP contribution in [0.1, 0.15) is 27.4 Å². The maximum atomic E-state index is 13.5. The molecule has 1 amide bonds. The summed E-state index contributed by atoms with van der Waals surface area (Å²) in [5.41, 5.74) is 1.15. The maximum absolute atomic E-state index is 13.5. The summed E-state index contributed by atoms with van der Waals surface area (Å²) in [4.78, 5) is 20.4. The van der Waals surface area contributed by atoms with Crippen molar-refractivity contribution in [1.29, 1.82) is 0 Å². The van der Waals surface area contributed by atoms with Gasteiger partial charge in [-0.05, 0) is 55.3 Å². The molecular formula is C19H14F3N5O2. The van der Waals surface area contributed by atoms with E-state index in [1.807, 2.05) is 19.9 Å². The second-order valence-electron chi connectivity index (χ2n) is 6.48. The number of amides is 1. The first-order valence-electron chi connectivity index (χ1n) is 8.49. The van der Waals surface area contributed by atoms with Gasteiger partial charge < -0.3 is 9.73 Å². The molecule has 0 bridgehead atoms. The van der Waals surface area contributed by atoms with Crippen LogP contribution < -0.4 is 5.32 Å². The third-order valence-corrected chi connectivity index (χ3v) is 4.06. The lowest BCUT2D eigenvalue weighted by molar-refractivity contribution is -0.142. The van der Waals surface area contributed by atoms with Crippen LogP contribution in [0.4, 0.5) is 18.9 Å². The average molecular weight is 401 g/mol. The number of hydrogen-bond donors (Lipinski definition) is 1. The fraction of sp³-hybridized carbons (Fsp3) is 0.158. The number of rotatable bonds is 3. The summed E-state index contributed by atoms with van der Waals surface area (Å²) >= 11 is 0. The minimum absolute atomic E-state index is 0.0662. The number of aromatic nitrogens is 4. The van der Waals surface area contributed by atoms with Gasteiger partial charge in [0.05, 0.1) is 6.26 Å². The summed E-state index contributed by atoms with van der Waals surface area (Å²) in [7, 11) is 0. The number of anilines is 1. The van der Waals surface area contributed by atoms with Crippen molar-refractivity contribution in [2.24, 2.45) is 0 Å². The summed E-state index contributed by atoms with van der Waals surface area (Å²) in [5.74, 6) is -1.40. The highest BCUT2D eigenvalue weighted by atomic mass is 19.4. The van der Waals surface area contributed by atoms with Crippen molar-refractivity contribution in [2.45, 2.75) is 20.0 Å². The fourth-order valence-electron chi connectivity index (χ4n) is 2.95. The number of nitrogens with zero attached hydrogens (tertiary/aromatic N) is 4. The molecule has 0 aliphatic carbocycles. The van der Waals surface area contributed by atoms with Crippen LogP contribution in [0.2, 0.25) is 0 Å². The Labute approximate surface area is 162 Å². The van der Waals surface area contributed by atoms with Gasteiger partial charge in [0, 0.05) is 5.69 Å². The number of hydrogen-bond acceptors (Lipinski definition) is 5. The molecule has 4 aromatic rings. The molecule has 1 aromatic carbocycles. The molecule has 0 saturated heterocycles. The highest BCUT2D eigenvalue weighted by Gasteiger charge is 2.36. The van der Waals surface area contributed by atoms with Gasteiger partial charge in [-0.3, -0.25) is 4.79 Å². The van der Waals surface area contributed by atoms with E-state index in [9.17, 15) is 18.0 Å². The van der Waals surface area contributed by atoms with Gasteiger partial charge in [-0.15, -0.1) is 5.10 Å². The zero-order valence-electron chi connectivity index (χ0n) is 15.3. The van der Waals surface area contributed by atoms with E-state index in [1.54, 1.807) is 12.1 Å². The van der Waals surface area contributed by atoms with Crippen LogP contribution in [0.5, 0.6) is 0 Å². The molecule has 0 fully saturated rings. The van der Waals surface area contributed by atoms with Crippen molar-refractivity contribution in [3.8, 4) is 11.5 Å². The molecule has 0 aliphatic heterocycles. The lowest BCUT2D eigenvalue weighted by Gasteiger charge is -2.09. The zero-order valence-corrected chi connectivity index (χ0v) is 15.3. The third-order valence-electron chi connectivity index (χ3n) is 4.06. The molecule has 0 unspecified atom stereocenters. The van der Waals surface area contributed by atoms with E-state index < -0.39 is 23.6 Å². The molecule has 0 spiro atoms. The van der Waals surface area contributed by atoms with Gasteiger partial charge in [-0.1, -0.05) is 6.07 Å². The topological polar surface area (TPSA) is 85.3 Å². The number of furan rings is 1. The molecule has 29 heavy (non-hydrogen) atoms. The van der Waals surface area contributed by atoms with Crippen molar-refractivity contribution >= 4 is 17.4 Å². The number of nitrogens with one attached hydrogen (secondary N) is 1. The molecule has 3 aromatic heterocycles. The SMILES string of the molecule is Cc1cc(C)cc(NC(=O)c2nc3nc(-c4ccco4)cc(C(F)(F)F)n3n2)c1. The smallest absolute Gasteiger partial charge is 0.433 e. The monoisotopic (exact) mass is 401 g/mol. The Bertz CT molecular complexity index is 1190. The highest BCUT2D eigenvalue weighted by Crippen LogP contribution is 2.32. The van der Waals surface area contributed by atoms with Crippen molar-refractivity contribution in [3.63, 3.8) is 0 Å². The lowest BCUT2D eigenvalue weighted by atomic mass is 10.1. The van der Waals surface area contributed by atoms with E-state index in [0.717, 1.165) is 17.2 Å². The van der Waals surface area contributed by atoms with Gasteiger partial charge in [0.25, 0.3) is 11.7 Å². The molecule has 4 rings (SSSR count). The van der Waals surface area contributed by atoms with E-state index in [1.165, 1.54) is 18.4 Å². The van der Waals surface area contributed by atoms with Crippen molar-refractivity contribution in [1.82, 2.24) is 19.6 Å². The van der Waals surface area contributed by atoms with E-state index in [0.29, 0.717) is 10.2 Å². The van der Waals surface area contributed by atoms with Crippen molar-refractivity contribution < 1.29 is 22.4 Å². The second kappa shape index (κ2) is 6.73. The molecular weight excluding hydrogens is 387 g/mol. The fourth-order valence-corrected chi connectivity index (χ4v) is 2.95. The quantitative estimate of drug-likeness (QED) is 0.554. The predicted octanol–water partition coefficient (Wildman–Crippen LogP) is 4.27. The minimum Gasteiger partial charge on any atom is -0.463 e. The number of fused-ring (bicyclic) bond motifs is 1. The first-order chi connectivity index (χ1) is 13.7. The Morgan fingerprint density at radius 1 is 1.10 bits per heavy atom. The van der Waals surface area contributed by atoms with Crippen LogP contribution in [0.3, 0.4) is 0 Å². The zero-order chi connectivity index (χ0) is 20.8. The third kappa shape index (κ3) is 3.68. The molecule has 0 saturated carbocycles. The first kappa shape index (κ1) is 18.7. The molecule has 0 aliphatic rings. The maximum Gasteiger partial charge on any atom is 0.433 e. The van der Waals surface area contributed by atoms with Crippen LogP contribution >= 0.6 is 0 Å². The predicted molar refractivity (Wildman–Crippen MR) is 97.4 cm³/mol. The van der Waals surface area contributed by atoms with Gasteiger partial charge in [0.1, 0.15) is 5.69 Å². The molecule has 1 N–H and O–H groups in total. The van der Waals surface area contributed by atoms with Crippen molar-refractivity contribution in [2.75, 3.05) is 5.32 Å². The summed E-state index contributed by atoms with van der Waals surface area (Å²) in [6, 6.07) is 9.19. The Morgan fingerprint density at radius 3 is 2.45 bits per heavy atom. The molecule has 0 atom stereocenters. The number of alkyl halides is 3. The highest BCUT2D eigenvalue weighted by molar-refractivity contribution is 6.01. The molecule has 7 nitrogen and oxygen atoms in total. The van der Waals surface area contributed by atoms with Gasteiger partial charge in [-0.25, -0.2) is 4.98 Å². The van der Waals surface area contributed by atoms with Gasteiger partial charge >= 0.3 is 6.18 Å². The van der Waals surface area contributed by atoms with Crippen molar-refractivity contribution in [3.05, 3.63) is 65.3 Å². The van der Waals surface area contributed by atoms with Crippen LogP contribution in [0.15, 0.2) is 47.1 Å². The van der Waals surface area contributed by atoms with E-state index in [-0.39, 0.29) is 17.2 Å². The molecule has 148 valence electrons. The van der Waals surface area contributed by atoms with Crippen LogP contribution in [0, 0.1) is 13.8 Å². The minimum atomic E-state index is -4.74. The van der Waals surface area contributed by atoms with E-state index >= 15 is 0 Å².